The van der Waals surface area contributed by atoms with Gasteiger partial charge in [-0.15, -0.1) is 0 Å². The number of carbonyl (C=O) groups excluding carboxylic acids is 1. The predicted molar refractivity (Wildman–Crippen MR) is 107 cm³/mol. The van der Waals surface area contributed by atoms with Gasteiger partial charge in [0, 0.05) is 25.3 Å². The Morgan fingerprint density at radius 1 is 1.04 bits per heavy atom. The van der Waals surface area contributed by atoms with Crippen LogP contribution in [-0.2, 0) is 17.6 Å². The van der Waals surface area contributed by atoms with Gasteiger partial charge in [0.15, 0.2) is 0 Å². The highest BCUT2D eigenvalue weighted by Gasteiger charge is 2.18. The van der Waals surface area contributed by atoms with Crippen LogP contribution in [0.5, 0.6) is 5.75 Å². The Hall–Kier alpha value is -2.81. The summed E-state index contributed by atoms with van der Waals surface area (Å²) in [5, 5.41) is 0. The highest BCUT2D eigenvalue weighted by atomic mass is 16.5. The van der Waals surface area contributed by atoms with Crippen LogP contribution >= 0.6 is 0 Å². The van der Waals surface area contributed by atoms with Gasteiger partial charge in [0.1, 0.15) is 11.5 Å². The van der Waals surface area contributed by atoms with E-state index in [0.29, 0.717) is 5.75 Å². The van der Waals surface area contributed by atoms with Crippen molar-refractivity contribution in [1.82, 2.24) is 0 Å². The Morgan fingerprint density at radius 3 is 2.44 bits per heavy atom. The molecule has 0 aliphatic heterocycles. The number of aryl methyl sites for hydroxylation is 1. The predicted octanol–water partition coefficient (Wildman–Crippen LogP) is 5.82. The van der Waals surface area contributed by atoms with Crippen LogP contribution in [0.25, 0.3) is 0 Å². The van der Waals surface area contributed by atoms with Gasteiger partial charge < -0.3 is 9.15 Å². The number of rotatable bonds is 6. The Kier molecular flexibility index (Phi) is 5.80. The minimum Gasteiger partial charge on any atom is -0.469 e. The SMILES string of the molecule is CC(=O)Oc1ccc(C)c(Cc2coc(Cc3ccccc3)c2)c1C(C)C. The molecule has 0 N–H and O–H groups in total. The third-order valence-corrected chi connectivity index (χ3v) is 4.69. The first-order chi connectivity index (χ1) is 12.9. The van der Waals surface area contributed by atoms with Crippen molar-refractivity contribution in [3.63, 3.8) is 0 Å². The molecule has 0 fully saturated rings. The second-order valence-corrected chi connectivity index (χ2v) is 7.28. The molecule has 0 aliphatic rings. The molecule has 1 aromatic heterocycles. The maximum atomic E-state index is 11.5. The van der Waals surface area contributed by atoms with E-state index in [1.807, 2.05) is 36.6 Å². The summed E-state index contributed by atoms with van der Waals surface area (Å²) in [5.41, 5.74) is 5.85. The normalized spacial score (nSPS) is 11.0. The van der Waals surface area contributed by atoms with Crippen molar-refractivity contribution in [2.75, 3.05) is 0 Å². The Morgan fingerprint density at radius 2 is 1.78 bits per heavy atom. The molecule has 27 heavy (non-hydrogen) atoms. The summed E-state index contributed by atoms with van der Waals surface area (Å²) in [7, 11) is 0. The van der Waals surface area contributed by atoms with Gasteiger partial charge in [-0.1, -0.05) is 50.2 Å². The largest absolute Gasteiger partial charge is 0.469 e. The topological polar surface area (TPSA) is 39.4 Å². The fourth-order valence-corrected chi connectivity index (χ4v) is 3.48. The molecule has 3 heteroatoms. The number of furan rings is 1. The number of benzene rings is 2. The van der Waals surface area contributed by atoms with Gasteiger partial charge in [0.2, 0.25) is 0 Å². The zero-order chi connectivity index (χ0) is 19.4. The number of carbonyl (C=O) groups is 1. The quantitative estimate of drug-likeness (QED) is 0.410. The third-order valence-electron chi connectivity index (χ3n) is 4.69. The van der Waals surface area contributed by atoms with Crippen LogP contribution in [-0.4, -0.2) is 5.97 Å². The van der Waals surface area contributed by atoms with Crippen LogP contribution in [0, 0.1) is 6.92 Å². The van der Waals surface area contributed by atoms with Crippen molar-refractivity contribution < 1.29 is 13.9 Å². The molecule has 0 amide bonds. The molecule has 2 aromatic carbocycles. The minimum absolute atomic E-state index is 0.255. The first-order valence-corrected chi connectivity index (χ1v) is 9.35. The molecule has 0 radical (unpaired) electrons. The zero-order valence-electron chi connectivity index (χ0n) is 16.4. The van der Waals surface area contributed by atoms with E-state index >= 15 is 0 Å². The van der Waals surface area contributed by atoms with Crippen molar-refractivity contribution in [2.45, 2.75) is 46.5 Å². The van der Waals surface area contributed by atoms with Crippen molar-refractivity contribution in [1.29, 1.82) is 0 Å². The lowest BCUT2D eigenvalue weighted by Gasteiger charge is -2.19. The molecule has 0 unspecified atom stereocenters. The summed E-state index contributed by atoms with van der Waals surface area (Å²) < 4.78 is 11.3. The first kappa shape index (κ1) is 19.0. The summed E-state index contributed by atoms with van der Waals surface area (Å²) in [6.07, 6.45) is 3.37. The average Bonchev–Trinajstić information content (AvgIpc) is 3.05. The Bertz CT molecular complexity index is 920. The Balaban J connectivity index is 1.88. The lowest BCUT2D eigenvalue weighted by Crippen LogP contribution is -2.08. The molecule has 1 heterocycles. The van der Waals surface area contributed by atoms with Gasteiger partial charge in [0.25, 0.3) is 0 Å². The van der Waals surface area contributed by atoms with Gasteiger partial charge in [-0.05, 0) is 47.2 Å². The second kappa shape index (κ2) is 8.26. The number of hydrogen-bond acceptors (Lipinski definition) is 3. The third kappa shape index (κ3) is 4.68. The summed E-state index contributed by atoms with van der Waals surface area (Å²) in [6.45, 7) is 7.79. The lowest BCUT2D eigenvalue weighted by atomic mass is 9.89. The molecule has 3 rings (SSSR count). The summed E-state index contributed by atoms with van der Waals surface area (Å²) in [4.78, 5) is 11.5. The van der Waals surface area contributed by atoms with Crippen LogP contribution in [0.4, 0.5) is 0 Å². The maximum absolute atomic E-state index is 11.5. The standard InChI is InChI=1S/C24H26O3/c1-16(2)24-22(17(3)10-11-23(24)27-18(4)25)14-20-13-21(26-15-20)12-19-8-6-5-7-9-19/h5-11,13,15-16H,12,14H2,1-4H3. The van der Waals surface area contributed by atoms with E-state index in [0.717, 1.165) is 29.7 Å². The molecule has 0 saturated carbocycles. The smallest absolute Gasteiger partial charge is 0.308 e. The number of esters is 1. The molecule has 0 saturated heterocycles. The molecule has 0 aliphatic carbocycles. The van der Waals surface area contributed by atoms with Gasteiger partial charge in [-0.3, -0.25) is 4.79 Å². The van der Waals surface area contributed by atoms with Crippen LogP contribution < -0.4 is 4.74 Å². The van der Waals surface area contributed by atoms with Crippen molar-refractivity contribution in [3.8, 4) is 5.75 Å². The highest BCUT2D eigenvalue weighted by molar-refractivity contribution is 5.70. The minimum atomic E-state index is -0.292. The molecule has 140 valence electrons. The molecular weight excluding hydrogens is 336 g/mol. The molecule has 0 spiro atoms. The van der Waals surface area contributed by atoms with Crippen molar-refractivity contribution >= 4 is 5.97 Å². The van der Waals surface area contributed by atoms with Crippen LogP contribution in [0.2, 0.25) is 0 Å². The molecule has 0 atom stereocenters. The van der Waals surface area contributed by atoms with Gasteiger partial charge >= 0.3 is 5.97 Å². The summed E-state index contributed by atoms with van der Waals surface area (Å²) >= 11 is 0. The second-order valence-electron chi connectivity index (χ2n) is 7.28. The Labute approximate surface area is 161 Å². The van der Waals surface area contributed by atoms with Gasteiger partial charge in [-0.25, -0.2) is 0 Å². The van der Waals surface area contributed by atoms with E-state index in [9.17, 15) is 4.79 Å². The lowest BCUT2D eigenvalue weighted by molar-refractivity contribution is -0.131. The molecule has 3 nitrogen and oxygen atoms in total. The highest BCUT2D eigenvalue weighted by Crippen LogP contribution is 2.34. The van der Waals surface area contributed by atoms with E-state index < -0.39 is 0 Å². The maximum Gasteiger partial charge on any atom is 0.308 e. The van der Waals surface area contributed by atoms with E-state index in [1.54, 1.807) is 0 Å². The van der Waals surface area contributed by atoms with Crippen LogP contribution in [0.1, 0.15) is 60.3 Å². The van der Waals surface area contributed by atoms with Crippen molar-refractivity contribution in [2.24, 2.45) is 0 Å². The first-order valence-electron chi connectivity index (χ1n) is 9.35. The van der Waals surface area contributed by atoms with E-state index in [2.05, 4.69) is 39.0 Å². The monoisotopic (exact) mass is 362 g/mol. The van der Waals surface area contributed by atoms with Crippen LogP contribution in [0.3, 0.4) is 0 Å². The fourth-order valence-electron chi connectivity index (χ4n) is 3.48. The number of ether oxygens (including phenoxy) is 1. The van der Waals surface area contributed by atoms with Gasteiger partial charge in [-0.2, -0.15) is 0 Å². The molecule has 3 aromatic rings. The van der Waals surface area contributed by atoms with E-state index in [4.69, 9.17) is 9.15 Å². The number of hydrogen-bond donors (Lipinski definition) is 0. The van der Waals surface area contributed by atoms with Crippen molar-refractivity contribution in [3.05, 3.63) is 88.4 Å². The molecular formula is C24H26O3. The van der Waals surface area contributed by atoms with Crippen LogP contribution in [0.15, 0.2) is 59.2 Å². The zero-order valence-corrected chi connectivity index (χ0v) is 16.4. The molecule has 0 bridgehead atoms. The summed E-state index contributed by atoms with van der Waals surface area (Å²) in [5.74, 6) is 1.58. The van der Waals surface area contributed by atoms with E-state index in [1.165, 1.54) is 23.6 Å². The fraction of sp³-hybridized carbons (Fsp3) is 0.292. The van der Waals surface area contributed by atoms with Gasteiger partial charge in [0.05, 0.1) is 6.26 Å². The summed E-state index contributed by atoms with van der Waals surface area (Å²) in [6, 6.07) is 16.3. The average molecular weight is 362 g/mol. The van der Waals surface area contributed by atoms with E-state index in [-0.39, 0.29) is 11.9 Å².